The molecule has 1 unspecified atom stereocenters. The van der Waals surface area contributed by atoms with E-state index >= 15 is 0 Å². The van der Waals surface area contributed by atoms with Gasteiger partial charge in [-0.15, -0.1) is 0 Å². The summed E-state index contributed by atoms with van der Waals surface area (Å²) in [5.74, 6) is 0.337. The molecule has 0 radical (unpaired) electrons. The predicted molar refractivity (Wildman–Crippen MR) is 101 cm³/mol. The van der Waals surface area contributed by atoms with E-state index in [1.54, 1.807) is 30.3 Å². The van der Waals surface area contributed by atoms with E-state index in [2.05, 4.69) is 33.2 Å². The predicted octanol–water partition coefficient (Wildman–Crippen LogP) is 3.68. The van der Waals surface area contributed by atoms with Crippen molar-refractivity contribution in [1.82, 2.24) is 9.97 Å². The minimum Gasteiger partial charge on any atom is -0.338 e. The van der Waals surface area contributed by atoms with Crippen LogP contribution in [0.4, 0.5) is 11.6 Å². The third kappa shape index (κ3) is 3.99. The summed E-state index contributed by atoms with van der Waals surface area (Å²) in [5, 5.41) is 11.8. The van der Waals surface area contributed by atoms with Crippen LogP contribution >= 0.6 is 0 Å². The lowest BCUT2D eigenvalue weighted by atomic mass is 10.0. The van der Waals surface area contributed by atoms with E-state index in [1.165, 1.54) is 6.42 Å². The van der Waals surface area contributed by atoms with Crippen molar-refractivity contribution in [2.24, 2.45) is 0 Å². The Kier molecular flexibility index (Phi) is 5.47. The topological polar surface area (TPSA) is 81.9 Å². The SMILES string of the molecule is CCC1CCCCN1c1nc(C)cc(C(=O)Nc2cccc(C#N)c2)n1. The number of nitrogens with zero attached hydrogens (tertiary/aromatic N) is 4. The highest BCUT2D eigenvalue weighted by Gasteiger charge is 2.24. The third-order valence-electron chi connectivity index (χ3n) is 4.68. The minimum absolute atomic E-state index is 0.295. The first-order valence-corrected chi connectivity index (χ1v) is 9.04. The number of carbonyl (C=O) groups is 1. The van der Waals surface area contributed by atoms with Crippen LogP contribution in [0, 0.1) is 18.3 Å². The van der Waals surface area contributed by atoms with E-state index in [-0.39, 0.29) is 5.91 Å². The van der Waals surface area contributed by atoms with Crippen LogP contribution in [-0.2, 0) is 0 Å². The second kappa shape index (κ2) is 7.96. The average Bonchev–Trinajstić information content (AvgIpc) is 2.67. The van der Waals surface area contributed by atoms with Gasteiger partial charge in [-0.05, 0) is 56.9 Å². The zero-order valence-corrected chi connectivity index (χ0v) is 15.2. The van der Waals surface area contributed by atoms with Gasteiger partial charge in [-0.1, -0.05) is 13.0 Å². The van der Waals surface area contributed by atoms with Crippen molar-refractivity contribution in [3.63, 3.8) is 0 Å². The molecule has 1 aliphatic rings. The first-order valence-electron chi connectivity index (χ1n) is 9.04. The van der Waals surface area contributed by atoms with Crippen molar-refractivity contribution >= 4 is 17.5 Å². The van der Waals surface area contributed by atoms with Crippen LogP contribution in [-0.4, -0.2) is 28.5 Å². The van der Waals surface area contributed by atoms with E-state index in [4.69, 9.17) is 5.26 Å². The van der Waals surface area contributed by atoms with Gasteiger partial charge in [0.1, 0.15) is 5.69 Å². The molecule has 1 atom stereocenters. The Balaban J connectivity index is 1.84. The summed E-state index contributed by atoms with van der Waals surface area (Å²) in [4.78, 5) is 24.0. The number of amides is 1. The van der Waals surface area contributed by atoms with E-state index in [9.17, 15) is 4.79 Å². The molecule has 1 aromatic heterocycles. The molecule has 1 saturated heterocycles. The van der Waals surface area contributed by atoms with Gasteiger partial charge in [-0.2, -0.15) is 5.26 Å². The summed E-state index contributed by atoms with van der Waals surface area (Å²) in [5.41, 5.74) is 2.19. The Morgan fingerprint density at radius 3 is 2.96 bits per heavy atom. The maximum absolute atomic E-state index is 12.6. The molecule has 1 aliphatic heterocycles. The number of nitrogens with one attached hydrogen (secondary N) is 1. The Morgan fingerprint density at radius 2 is 2.19 bits per heavy atom. The van der Waals surface area contributed by atoms with Gasteiger partial charge in [0.25, 0.3) is 5.91 Å². The van der Waals surface area contributed by atoms with E-state index in [0.717, 1.165) is 31.5 Å². The number of aromatic nitrogens is 2. The maximum Gasteiger partial charge on any atom is 0.274 e. The van der Waals surface area contributed by atoms with Gasteiger partial charge in [0.15, 0.2) is 0 Å². The molecule has 0 spiro atoms. The molecule has 0 aliphatic carbocycles. The van der Waals surface area contributed by atoms with Crippen LogP contribution in [0.3, 0.4) is 0 Å². The molecule has 6 heteroatoms. The molecule has 0 saturated carbocycles. The quantitative estimate of drug-likeness (QED) is 0.910. The molecule has 1 fully saturated rings. The molecule has 134 valence electrons. The molecular weight excluding hydrogens is 326 g/mol. The fraction of sp³-hybridized carbons (Fsp3) is 0.400. The van der Waals surface area contributed by atoms with Crippen LogP contribution in [0.1, 0.15) is 54.4 Å². The molecule has 3 rings (SSSR count). The summed E-state index contributed by atoms with van der Waals surface area (Å²) in [6.07, 6.45) is 4.52. The number of hydrogen-bond acceptors (Lipinski definition) is 5. The molecule has 1 N–H and O–H groups in total. The van der Waals surface area contributed by atoms with Gasteiger partial charge in [0.2, 0.25) is 5.95 Å². The third-order valence-corrected chi connectivity index (χ3v) is 4.68. The Morgan fingerprint density at radius 1 is 1.35 bits per heavy atom. The van der Waals surface area contributed by atoms with Crippen LogP contribution in [0.5, 0.6) is 0 Å². The minimum atomic E-state index is -0.295. The zero-order chi connectivity index (χ0) is 18.5. The number of piperidine rings is 1. The summed E-state index contributed by atoms with van der Waals surface area (Å²) < 4.78 is 0. The van der Waals surface area contributed by atoms with Crippen molar-refractivity contribution in [3.05, 3.63) is 47.3 Å². The number of anilines is 2. The van der Waals surface area contributed by atoms with Gasteiger partial charge in [0, 0.05) is 24.0 Å². The standard InChI is InChI=1S/C20H23N5O/c1-3-17-9-4-5-10-25(17)20-22-14(2)11-18(24-20)19(26)23-16-8-6-7-15(12-16)13-21/h6-8,11-12,17H,3-5,9-10H2,1-2H3,(H,23,26). The summed E-state index contributed by atoms with van der Waals surface area (Å²) in [6.45, 7) is 4.98. The van der Waals surface area contributed by atoms with Crippen LogP contribution in [0.15, 0.2) is 30.3 Å². The number of rotatable bonds is 4. The van der Waals surface area contributed by atoms with Crippen molar-refractivity contribution in [2.45, 2.75) is 45.6 Å². The zero-order valence-electron chi connectivity index (χ0n) is 15.2. The van der Waals surface area contributed by atoms with E-state index in [1.807, 2.05) is 6.92 Å². The lowest BCUT2D eigenvalue weighted by molar-refractivity contribution is 0.102. The second-order valence-electron chi connectivity index (χ2n) is 6.59. The Hall–Kier alpha value is -2.94. The van der Waals surface area contributed by atoms with E-state index < -0.39 is 0 Å². The van der Waals surface area contributed by atoms with Gasteiger partial charge in [-0.25, -0.2) is 9.97 Å². The number of aryl methyl sites for hydroxylation is 1. The number of benzene rings is 1. The average molecular weight is 349 g/mol. The van der Waals surface area contributed by atoms with Crippen LogP contribution in [0.2, 0.25) is 0 Å². The smallest absolute Gasteiger partial charge is 0.274 e. The van der Waals surface area contributed by atoms with Crippen molar-refractivity contribution in [1.29, 1.82) is 5.26 Å². The second-order valence-corrected chi connectivity index (χ2v) is 6.59. The molecule has 6 nitrogen and oxygen atoms in total. The Bertz CT molecular complexity index is 842. The van der Waals surface area contributed by atoms with Gasteiger partial charge in [-0.3, -0.25) is 4.79 Å². The highest BCUT2D eigenvalue weighted by atomic mass is 16.1. The highest BCUT2D eigenvalue weighted by Crippen LogP contribution is 2.24. The first kappa shape index (κ1) is 17.9. The van der Waals surface area contributed by atoms with E-state index in [0.29, 0.717) is 28.9 Å². The maximum atomic E-state index is 12.6. The van der Waals surface area contributed by atoms with Crippen LogP contribution < -0.4 is 10.2 Å². The summed E-state index contributed by atoms with van der Waals surface area (Å²) in [7, 11) is 0. The number of carbonyl (C=O) groups excluding carboxylic acids is 1. The first-order chi connectivity index (χ1) is 12.6. The highest BCUT2D eigenvalue weighted by molar-refractivity contribution is 6.03. The van der Waals surface area contributed by atoms with Gasteiger partial charge in [0.05, 0.1) is 11.6 Å². The monoisotopic (exact) mass is 349 g/mol. The fourth-order valence-electron chi connectivity index (χ4n) is 3.35. The van der Waals surface area contributed by atoms with Crippen molar-refractivity contribution < 1.29 is 4.79 Å². The largest absolute Gasteiger partial charge is 0.338 e. The summed E-state index contributed by atoms with van der Waals surface area (Å²) in [6, 6.07) is 11.0. The molecule has 2 aromatic rings. The molecule has 0 bridgehead atoms. The van der Waals surface area contributed by atoms with Crippen molar-refractivity contribution in [2.75, 3.05) is 16.8 Å². The number of hydrogen-bond donors (Lipinski definition) is 1. The summed E-state index contributed by atoms with van der Waals surface area (Å²) >= 11 is 0. The lowest BCUT2D eigenvalue weighted by Gasteiger charge is -2.35. The molecule has 1 amide bonds. The fourth-order valence-corrected chi connectivity index (χ4v) is 3.35. The molecule has 1 aromatic carbocycles. The molecule has 26 heavy (non-hydrogen) atoms. The molecular formula is C20H23N5O. The normalized spacial score (nSPS) is 16.8. The number of nitriles is 1. The molecule has 2 heterocycles. The van der Waals surface area contributed by atoms with Gasteiger partial charge < -0.3 is 10.2 Å². The Labute approximate surface area is 153 Å². The van der Waals surface area contributed by atoms with Crippen LogP contribution in [0.25, 0.3) is 0 Å². The van der Waals surface area contributed by atoms with Crippen molar-refractivity contribution in [3.8, 4) is 6.07 Å². The lowest BCUT2D eigenvalue weighted by Crippen LogP contribution is -2.40. The van der Waals surface area contributed by atoms with Gasteiger partial charge >= 0.3 is 0 Å².